The van der Waals surface area contributed by atoms with Crippen LogP contribution in [-0.4, -0.2) is 35.7 Å². The average molecular weight is 305 g/mol. The van der Waals surface area contributed by atoms with E-state index in [-0.39, 0.29) is 11.9 Å². The number of nitrogens with zero attached hydrogens (tertiary/aromatic N) is 1. The van der Waals surface area contributed by atoms with Crippen molar-refractivity contribution in [2.24, 2.45) is 5.73 Å². The van der Waals surface area contributed by atoms with E-state index >= 15 is 0 Å². The number of carbonyl (C=O) groups is 1. The van der Waals surface area contributed by atoms with Crippen LogP contribution in [0.1, 0.15) is 6.42 Å². The van der Waals surface area contributed by atoms with Crippen LogP contribution in [0.5, 0.6) is 0 Å². The fourth-order valence-electron chi connectivity index (χ4n) is 1.83. The third kappa shape index (κ3) is 3.54. The fraction of sp³-hybridized carbons (Fsp3) is 0.417. The third-order valence-electron chi connectivity index (χ3n) is 2.82. The Morgan fingerprint density at radius 2 is 2.28 bits per heavy atom. The second-order valence-corrected chi connectivity index (χ2v) is 6.11. The molecule has 2 rings (SSSR count). The molecule has 1 heterocycles. The number of thioether (sulfide) groups is 1. The van der Waals surface area contributed by atoms with E-state index in [9.17, 15) is 4.79 Å². The molecule has 0 aromatic heterocycles. The molecule has 98 valence electrons. The Morgan fingerprint density at radius 3 is 2.94 bits per heavy atom. The summed E-state index contributed by atoms with van der Waals surface area (Å²) in [4.78, 5) is 14.6. The summed E-state index contributed by atoms with van der Waals surface area (Å²) in [7, 11) is 0. The van der Waals surface area contributed by atoms with Crippen LogP contribution in [0, 0.1) is 0 Å². The summed E-state index contributed by atoms with van der Waals surface area (Å²) in [6.07, 6.45) is 0.883. The lowest BCUT2D eigenvalue weighted by molar-refractivity contribution is -0.127. The first-order valence-corrected chi connectivity index (χ1v) is 7.41. The van der Waals surface area contributed by atoms with Crippen LogP contribution in [0.2, 0.25) is 10.0 Å². The lowest BCUT2D eigenvalue weighted by atomic mass is 10.3. The van der Waals surface area contributed by atoms with Crippen LogP contribution in [0.15, 0.2) is 23.1 Å². The quantitative estimate of drug-likeness (QED) is 0.873. The van der Waals surface area contributed by atoms with Gasteiger partial charge in [-0.2, -0.15) is 0 Å². The van der Waals surface area contributed by atoms with Gasteiger partial charge in [0.2, 0.25) is 5.91 Å². The fourth-order valence-corrected chi connectivity index (χ4v) is 3.23. The predicted octanol–water partition coefficient (Wildman–Crippen LogP) is 2.65. The Hall–Kier alpha value is -0.420. The molecule has 0 bridgehead atoms. The number of rotatable bonds is 3. The van der Waals surface area contributed by atoms with Crippen molar-refractivity contribution in [3.05, 3.63) is 28.2 Å². The molecule has 2 N–H and O–H groups in total. The van der Waals surface area contributed by atoms with Gasteiger partial charge < -0.3 is 10.6 Å². The van der Waals surface area contributed by atoms with Gasteiger partial charge in [-0.1, -0.05) is 23.2 Å². The lowest BCUT2D eigenvalue weighted by Gasteiger charge is -2.15. The van der Waals surface area contributed by atoms with Gasteiger partial charge in [0.1, 0.15) is 0 Å². The van der Waals surface area contributed by atoms with Crippen molar-refractivity contribution in [1.82, 2.24) is 4.90 Å². The van der Waals surface area contributed by atoms with Crippen LogP contribution >= 0.6 is 35.0 Å². The largest absolute Gasteiger partial charge is 0.340 e. The molecule has 0 aliphatic carbocycles. The van der Waals surface area contributed by atoms with Gasteiger partial charge >= 0.3 is 0 Å². The SMILES string of the molecule is N[C@@H]1CCN(C(=O)CSc2cc(Cl)ccc2Cl)C1. The van der Waals surface area contributed by atoms with Gasteiger partial charge in [-0.25, -0.2) is 0 Å². The number of amides is 1. The van der Waals surface area contributed by atoms with Crippen LogP contribution in [0.3, 0.4) is 0 Å². The van der Waals surface area contributed by atoms with E-state index in [1.807, 2.05) is 0 Å². The van der Waals surface area contributed by atoms with E-state index in [4.69, 9.17) is 28.9 Å². The van der Waals surface area contributed by atoms with E-state index < -0.39 is 0 Å². The molecular weight excluding hydrogens is 291 g/mol. The lowest BCUT2D eigenvalue weighted by Crippen LogP contribution is -2.33. The van der Waals surface area contributed by atoms with Gasteiger partial charge in [-0.05, 0) is 24.6 Å². The highest BCUT2D eigenvalue weighted by atomic mass is 35.5. The molecule has 1 aliphatic rings. The zero-order valence-corrected chi connectivity index (χ0v) is 12.1. The van der Waals surface area contributed by atoms with Gasteiger partial charge in [-0.3, -0.25) is 4.79 Å². The minimum absolute atomic E-state index is 0.101. The Bertz CT molecular complexity index is 456. The van der Waals surface area contributed by atoms with Crippen molar-refractivity contribution in [1.29, 1.82) is 0 Å². The Morgan fingerprint density at radius 1 is 1.50 bits per heavy atom. The van der Waals surface area contributed by atoms with Crippen molar-refractivity contribution in [3.63, 3.8) is 0 Å². The summed E-state index contributed by atoms with van der Waals surface area (Å²) in [6, 6.07) is 5.36. The third-order valence-corrected chi connectivity index (χ3v) is 4.54. The van der Waals surface area contributed by atoms with E-state index in [1.54, 1.807) is 23.1 Å². The van der Waals surface area contributed by atoms with E-state index in [0.717, 1.165) is 17.9 Å². The zero-order chi connectivity index (χ0) is 13.1. The maximum atomic E-state index is 11.9. The van der Waals surface area contributed by atoms with Gasteiger partial charge in [0, 0.05) is 29.0 Å². The summed E-state index contributed by atoms with van der Waals surface area (Å²) in [5, 5.41) is 1.24. The first-order chi connectivity index (χ1) is 8.56. The number of carbonyl (C=O) groups excluding carboxylic acids is 1. The molecule has 0 spiro atoms. The van der Waals surface area contributed by atoms with Gasteiger partial charge in [-0.15, -0.1) is 11.8 Å². The van der Waals surface area contributed by atoms with Crippen molar-refractivity contribution in [2.45, 2.75) is 17.4 Å². The van der Waals surface area contributed by atoms with E-state index in [2.05, 4.69) is 0 Å². The van der Waals surface area contributed by atoms with Gasteiger partial charge in [0.05, 0.1) is 10.8 Å². The van der Waals surface area contributed by atoms with Crippen LogP contribution in [0.4, 0.5) is 0 Å². The van der Waals surface area contributed by atoms with Gasteiger partial charge in [0.25, 0.3) is 0 Å². The molecule has 1 saturated heterocycles. The highest BCUT2D eigenvalue weighted by Gasteiger charge is 2.23. The molecule has 1 fully saturated rings. The molecule has 1 aromatic rings. The van der Waals surface area contributed by atoms with Crippen molar-refractivity contribution >= 4 is 40.9 Å². The smallest absolute Gasteiger partial charge is 0.232 e. The standard InChI is InChI=1S/C12H14Cl2N2OS/c13-8-1-2-10(14)11(5-8)18-7-12(17)16-4-3-9(15)6-16/h1-2,5,9H,3-4,6-7,15H2/t9-/m1/s1. The molecule has 0 radical (unpaired) electrons. The van der Waals surface area contributed by atoms with Crippen molar-refractivity contribution < 1.29 is 4.79 Å². The van der Waals surface area contributed by atoms with Crippen LogP contribution in [-0.2, 0) is 4.79 Å². The number of hydrogen-bond acceptors (Lipinski definition) is 3. The normalized spacial score (nSPS) is 19.3. The number of halogens is 2. The first-order valence-electron chi connectivity index (χ1n) is 5.67. The topological polar surface area (TPSA) is 46.3 Å². The van der Waals surface area contributed by atoms with Crippen molar-refractivity contribution in [3.8, 4) is 0 Å². The molecule has 1 aliphatic heterocycles. The Balaban J connectivity index is 1.91. The number of nitrogens with two attached hydrogens (primary N) is 1. The minimum atomic E-state index is 0.101. The molecule has 1 aromatic carbocycles. The molecule has 1 atom stereocenters. The highest BCUT2D eigenvalue weighted by Crippen LogP contribution is 2.30. The summed E-state index contributed by atoms with van der Waals surface area (Å²) < 4.78 is 0. The highest BCUT2D eigenvalue weighted by molar-refractivity contribution is 8.00. The number of likely N-dealkylation sites (tertiary alicyclic amines) is 1. The predicted molar refractivity (Wildman–Crippen MR) is 76.4 cm³/mol. The second-order valence-electron chi connectivity index (χ2n) is 4.25. The second kappa shape index (κ2) is 6.15. The molecule has 0 unspecified atom stereocenters. The van der Waals surface area contributed by atoms with Gasteiger partial charge in [0.15, 0.2) is 0 Å². The number of hydrogen-bond donors (Lipinski definition) is 1. The molecular formula is C12H14Cl2N2OS. The molecule has 3 nitrogen and oxygen atoms in total. The first kappa shape index (κ1) is 14.0. The van der Waals surface area contributed by atoms with Crippen molar-refractivity contribution in [2.75, 3.05) is 18.8 Å². The number of benzene rings is 1. The summed E-state index contributed by atoms with van der Waals surface area (Å²) in [5.74, 6) is 0.469. The van der Waals surface area contributed by atoms with E-state index in [0.29, 0.717) is 22.3 Å². The average Bonchev–Trinajstić information content (AvgIpc) is 2.77. The van der Waals surface area contributed by atoms with E-state index in [1.165, 1.54) is 11.8 Å². The Kier molecular flexibility index (Phi) is 4.78. The zero-order valence-electron chi connectivity index (χ0n) is 9.73. The summed E-state index contributed by atoms with van der Waals surface area (Å²) >= 11 is 13.3. The molecule has 6 heteroatoms. The maximum absolute atomic E-state index is 11.9. The molecule has 0 saturated carbocycles. The summed E-state index contributed by atoms with van der Waals surface area (Å²) in [6.45, 7) is 1.41. The molecule has 18 heavy (non-hydrogen) atoms. The van der Waals surface area contributed by atoms with Crippen LogP contribution in [0.25, 0.3) is 0 Å². The minimum Gasteiger partial charge on any atom is -0.340 e. The Labute approximate surface area is 121 Å². The summed E-state index contributed by atoms with van der Waals surface area (Å²) in [5.41, 5.74) is 5.77. The monoisotopic (exact) mass is 304 g/mol. The maximum Gasteiger partial charge on any atom is 0.232 e. The van der Waals surface area contributed by atoms with Crippen LogP contribution < -0.4 is 5.73 Å². The molecule has 1 amide bonds.